The first-order chi connectivity index (χ1) is 16.4. The van der Waals surface area contributed by atoms with Crippen LogP contribution in [0, 0.1) is 23.2 Å². The molecule has 3 aromatic rings. The second kappa shape index (κ2) is 7.92. The van der Waals surface area contributed by atoms with Crippen LogP contribution < -0.4 is 10.6 Å². The molecule has 0 aromatic carbocycles. The third-order valence-corrected chi connectivity index (χ3v) is 8.53. The topological polar surface area (TPSA) is 125 Å². The van der Waals surface area contributed by atoms with E-state index in [0.29, 0.717) is 39.6 Å². The Labute approximate surface area is 204 Å². The molecule has 0 radical (unpaired) electrons. The molecule has 34 heavy (non-hydrogen) atoms. The number of imidazole rings is 1. The van der Waals surface area contributed by atoms with E-state index >= 15 is 0 Å². The first-order valence-corrected chi connectivity index (χ1v) is 12.5. The van der Waals surface area contributed by atoms with Crippen LogP contribution in [0.4, 0.5) is 5.82 Å². The minimum Gasteiger partial charge on any atom is -0.389 e. The van der Waals surface area contributed by atoms with Gasteiger partial charge in [0.05, 0.1) is 33.1 Å². The van der Waals surface area contributed by atoms with Crippen molar-refractivity contribution in [3.8, 4) is 11.8 Å². The number of halogens is 1. The van der Waals surface area contributed by atoms with Crippen LogP contribution in [-0.4, -0.2) is 60.9 Å². The second-order valence-electron chi connectivity index (χ2n) is 9.20. The van der Waals surface area contributed by atoms with Gasteiger partial charge in [-0.3, -0.25) is 4.79 Å². The summed E-state index contributed by atoms with van der Waals surface area (Å²) in [7, 11) is 1.54. The molecule has 2 unspecified atom stereocenters. The van der Waals surface area contributed by atoms with Gasteiger partial charge in [0, 0.05) is 19.0 Å². The number of anilines is 1. The van der Waals surface area contributed by atoms with Crippen molar-refractivity contribution in [2.45, 2.75) is 50.0 Å². The lowest BCUT2D eigenvalue weighted by atomic mass is 9.93. The number of rotatable bonds is 4. The van der Waals surface area contributed by atoms with Crippen molar-refractivity contribution < 1.29 is 15.0 Å². The number of amides is 1. The third kappa shape index (κ3) is 3.22. The number of thiophene rings is 1. The smallest absolute Gasteiger partial charge is 0.229 e. The minimum absolute atomic E-state index is 0.212. The van der Waals surface area contributed by atoms with E-state index in [1.807, 2.05) is 6.07 Å². The number of nitrogens with one attached hydrogen (secondary N) is 2. The van der Waals surface area contributed by atoms with Gasteiger partial charge >= 0.3 is 0 Å². The number of hydrogen-bond acceptors (Lipinski definition) is 8. The quantitative estimate of drug-likeness (QED) is 0.405. The highest BCUT2D eigenvalue weighted by atomic mass is 35.5. The molecule has 6 rings (SSSR count). The van der Waals surface area contributed by atoms with Crippen LogP contribution in [-0.2, 0) is 4.79 Å². The molecule has 3 aromatic heterocycles. The number of carbonyl (C=O) groups is 1. The number of aliphatic hydroxyl groups excluding tert-OH is 2. The van der Waals surface area contributed by atoms with Gasteiger partial charge in [-0.15, -0.1) is 11.3 Å². The minimum atomic E-state index is -1.16. The maximum Gasteiger partial charge on any atom is 0.229 e. The molecular weight excluding hydrogens is 476 g/mol. The summed E-state index contributed by atoms with van der Waals surface area (Å²) in [5, 5.41) is 27.8. The molecule has 176 valence electrons. The molecule has 3 aliphatic rings. The summed E-state index contributed by atoms with van der Waals surface area (Å²) in [4.78, 5) is 27.2. The lowest BCUT2D eigenvalue weighted by molar-refractivity contribution is -0.132. The van der Waals surface area contributed by atoms with Gasteiger partial charge in [-0.2, -0.15) is 0 Å². The first-order valence-electron chi connectivity index (χ1n) is 11.3. The maximum absolute atomic E-state index is 12.5. The SMILES string of the molecule is CNC(=O)[C@]12CC1[C@@H](n1cnc3c(NC4CCC4)nc(C#Cc4ccc(Cl)s4)nc31)C(O)[C@@H]2O. The third-order valence-electron chi connectivity index (χ3n) is 7.38. The zero-order chi connectivity index (χ0) is 23.6. The molecule has 3 aliphatic carbocycles. The van der Waals surface area contributed by atoms with Crippen molar-refractivity contribution >= 4 is 45.8 Å². The molecule has 9 nitrogen and oxygen atoms in total. The molecule has 5 atom stereocenters. The highest BCUT2D eigenvalue weighted by molar-refractivity contribution is 7.16. The second-order valence-corrected chi connectivity index (χ2v) is 10.9. The lowest BCUT2D eigenvalue weighted by Crippen LogP contribution is -2.41. The molecule has 0 aliphatic heterocycles. The number of aromatic nitrogens is 4. The average Bonchev–Trinajstić information content (AvgIpc) is 3.05. The fraction of sp³-hybridized carbons (Fsp3) is 0.478. The molecule has 0 spiro atoms. The van der Waals surface area contributed by atoms with Gasteiger partial charge in [0.25, 0.3) is 0 Å². The lowest BCUT2D eigenvalue weighted by Gasteiger charge is -2.27. The van der Waals surface area contributed by atoms with Crippen molar-refractivity contribution in [3.63, 3.8) is 0 Å². The van der Waals surface area contributed by atoms with E-state index in [4.69, 9.17) is 11.6 Å². The van der Waals surface area contributed by atoms with Crippen LogP contribution >= 0.6 is 22.9 Å². The van der Waals surface area contributed by atoms with Gasteiger partial charge in [-0.1, -0.05) is 11.6 Å². The van der Waals surface area contributed by atoms with Crippen LogP contribution in [0.1, 0.15) is 42.4 Å². The molecule has 0 saturated heterocycles. The van der Waals surface area contributed by atoms with Crippen LogP contribution in [0.2, 0.25) is 4.34 Å². The highest BCUT2D eigenvalue weighted by Gasteiger charge is 2.75. The Kier molecular flexibility index (Phi) is 5.08. The van der Waals surface area contributed by atoms with E-state index in [2.05, 4.69) is 37.4 Å². The Morgan fingerprint density at radius 3 is 2.79 bits per heavy atom. The number of hydrogen-bond donors (Lipinski definition) is 4. The fourth-order valence-electron chi connectivity index (χ4n) is 5.32. The Hall–Kier alpha value is -2.71. The van der Waals surface area contributed by atoms with Crippen LogP contribution in [0.3, 0.4) is 0 Å². The summed E-state index contributed by atoms with van der Waals surface area (Å²) in [6.45, 7) is 0. The van der Waals surface area contributed by atoms with Crippen LogP contribution in [0.15, 0.2) is 18.5 Å². The van der Waals surface area contributed by atoms with Gasteiger partial charge in [0.1, 0.15) is 6.10 Å². The van der Waals surface area contributed by atoms with Crippen molar-refractivity contribution in [3.05, 3.63) is 33.5 Å². The highest BCUT2D eigenvalue weighted by Crippen LogP contribution is 2.67. The van der Waals surface area contributed by atoms with Crippen molar-refractivity contribution in [1.82, 2.24) is 24.8 Å². The van der Waals surface area contributed by atoms with Crippen molar-refractivity contribution in [2.24, 2.45) is 11.3 Å². The van der Waals surface area contributed by atoms with Crippen molar-refractivity contribution in [2.75, 3.05) is 12.4 Å². The largest absolute Gasteiger partial charge is 0.389 e. The van der Waals surface area contributed by atoms with Gasteiger partial charge in [0.2, 0.25) is 11.7 Å². The maximum atomic E-state index is 12.5. The number of aliphatic hydroxyl groups is 2. The molecular formula is C23H23ClN6O3S. The van der Waals surface area contributed by atoms with E-state index in [0.717, 1.165) is 17.7 Å². The molecule has 3 fully saturated rings. The van der Waals surface area contributed by atoms with E-state index in [1.165, 1.54) is 17.8 Å². The van der Waals surface area contributed by atoms with Crippen molar-refractivity contribution in [1.29, 1.82) is 0 Å². The number of nitrogens with zero attached hydrogens (tertiary/aromatic N) is 4. The molecule has 3 saturated carbocycles. The predicted molar refractivity (Wildman–Crippen MR) is 128 cm³/mol. The first kappa shape index (κ1) is 21.8. The Bertz CT molecular complexity index is 1360. The molecule has 11 heteroatoms. The average molecular weight is 499 g/mol. The Morgan fingerprint density at radius 2 is 2.12 bits per heavy atom. The van der Waals surface area contributed by atoms with E-state index < -0.39 is 23.7 Å². The summed E-state index contributed by atoms with van der Waals surface area (Å²) < 4.78 is 2.43. The van der Waals surface area contributed by atoms with E-state index in [1.54, 1.807) is 24.0 Å². The Balaban J connectivity index is 1.43. The zero-order valence-electron chi connectivity index (χ0n) is 18.3. The van der Waals surface area contributed by atoms with E-state index in [9.17, 15) is 15.0 Å². The number of fused-ring (bicyclic) bond motifs is 2. The van der Waals surface area contributed by atoms with Gasteiger partial charge < -0.3 is 25.4 Å². The van der Waals surface area contributed by atoms with Crippen LogP contribution in [0.5, 0.6) is 0 Å². The summed E-state index contributed by atoms with van der Waals surface area (Å²) in [6.07, 6.45) is 3.13. The molecule has 1 amide bonds. The van der Waals surface area contributed by atoms with Crippen LogP contribution in [0.25, 0.3) is 11.2 Å². The monoisotopic (exact) mass is 498 g/mol. The zero-order valence-corrected chi connectivity index (χ0v) is 19.9. The normalized spacial score (nSPS) is 29.8. The van der Waals surface area contributed by atoms with E-state index in [-0.39, 0.29) is 11.8 Å². The van der Waals surface area contributed by atoms with Gasteiger partial charge in [0.15, 0.2) is 17.0 Å². The van der Waals surface area contributed by atoms with Gasteiger partial charge in [-0.25, -0.2) is 15.0 Å². The molecule has 0 bridgehead atoms. The van der Waals surface area contributed by atoms with Gasteiger partial charge in [-0.05, 0) is 49.7 Å². The summed E-state index contributed by atoms with van der Waals surface area (Å²) in [6, 6.07) is 3.43. The number of carbonyl (C=O) groups excluding carboxylic acids is 1. The Morgan fingerprint density at radius 1 is 1.29 bits per heavy atom. The summed E-state index contributed by atoms with van der Waals surface area (Å²) >= 11 is 7.39. The standard InChI is InChI=1S/C23H23ClN6O3S/c1-25-22(33)23-9-13(23)17(18(31)19(23)32)30-10-26-16-20(27-11-3-2-4-11)28-15(29-21(16)30)8-6-12-5-7-14(24)34-12/h5,7,10-11,13,17-19,31-32H,2-4,9H2,1H3,(H,25,33)(H,27,28,29)/t13?,17-,18?,19+,23-/m1/s1. The summed E-state index contributed by atoms with van der Waals surface area (Å²) in [5.41, 5.74) is 0.119. The fourth-order valence-corrected chi connectivity index (χ4v) is 6.22. The molecule has 4 N–H and O–H groups in total. The summed E-state index contributed by atoms with van der Waals surface area (Å²) in [5.74, 6) is 6.54. The molecule has 3 heterocycles. The predicted octanol–water partition coefficient (Wildman–Crippen LogP) is 1.93.